The molecular formula is C13H10ClN3. The summed E-state index contributed by atoms with van der Waals surface area (Å²) in [6.07, 6.45) is 2.88. The molecule has 2 aliphatic heterocycles. The molecule has 0 N–H and O–H groups in total. The zero-order valence-electron chi connectivity index (χ0n) is 9.15. The predicted molar refractivity (Wildman–Crippen MR) is 69.3 cm³/mol. The number of halogens is 1. The molecule has 0 aromatic heterocycles. The minimum atomic E-state index is 0.625. The molecule has 3 nitrogen and oxygen atoms in total. The first-order valence-corrected chi connectivity index (χ1v) is 5.91. The predicted octanol–water partition coefficient (Wildman–Crippen LogP) is 2.87. The van der Waals surface area contributed by atoms with Crippen molar-refractivity contribution in [1.82, 2.24) is 0 Å². The van der Waals surface area contributed by atoms with E-state index in [0.717, 1.165) is 36.6 Å². The van der Waals surface area contributed by atoms with Crippen LogP contribution in [0.5, 0.6) is 0 Å². The van der Waals surface area contributed by atoms with Crippen molar-refractivity contribution in [3.8, 4) is 6.07 Å². The molecule has 0 amide bonds. The zero-order valence-corrected chi connectivity index (χ0v) is 9.91. The van der Waals surface area contributed by atoms with Gasteiger partial charge in [-0.2, -0.15) is 5.26 Å². The number of benzene rings is 1. The first-order chi connectivity index (χ1) is 8.29. The van der Waals surface area contributed by atoms with Gasteiger partial charge in [0.15, 0.2) is 0 Å². The van der Waals surface area contributed by atoms with Crippen molar-refractivity contribution in [1.29, 1.82) is 5.26 Å². The second-order valence-electron chi connectivity index (χ2n) is 4.08. The molecule has 4 heteroatoms. The van der Waals surface area contributed by atoms with E-state index < -0.39 is 0 Å². The van der Waals surface area contributed by atoms with E-state index in [4.69, 9.17) is 16.9 Å². The summed E-state index contributed by atoms with van der Waals surface area (Å²) in [6, 6.07) is 7.96. The van der Waals surface area contributed by atoms with Crippen LogP contribution in [0.3, 0.4) is 0 Å². The van der Waals surface area contributed by atoms with Crippen molar-refractivity contribution in [3.63, 3.8) is 0 Å². The Morgan fingerprint density at radius 1 is 1.41 bits per heavy atom. The lowest BCUT2D eigenvalue weighted by atomic mass is 10.0. The Hall–Kier alpha value is -1.79. The summed E-state index contributed by atoms with van der Waals surface area (Å²) in [6.45, 7) is 1.71. The van der Waals surface area contributed by atoms with Gasteiger partial charge in [-0.05, 0) is 30.7 Å². The summed E-state index contributed by atoms with van der Waals surface area (Å²) in [5, 5.41) is 9.86. The van der Waals surface area contributed by atoms with Crippen LogP contribution in [0.25, 0.3) is 6.08 Å². The average molecular weight is 244 g/mol. The van der Waals surface area contributed by atoms with Gasteiger partial charge in [-0.15, -0.1) is 0 Å². The van der Waals surface area contributed by atoms with Gasteiger partial charge in [-0.25, -0.2) is 0 Å². The van der Waals surface area contributed by atoms with Gasteiger partial charge in [0.05, 0.1) is 5.57 Å². The maximum Gasteiger partial charge on any atom is 0.146 e. The second-order valence-corrected chi connectivity index (χ2v) is 4.52. The van der Waals surface area contributed by atoms with E-state index in [1.54, 1.807) is 0 Å². The summed E-state index contributed by atoms with van der Waals surface area (Å²) in [5.74, 6) is 0.800. The summed E-state index contributed by atoms with van der Waals surface area (Å²) in [5.41, 5.74) is 2.71. The van der Waals surface area contributed by atoms with E-state index in [-0.39, 0.29) is 0 Å². The summed E-state index contributed by atoms with van der Waals surface area (Å²) in [4.78, 5) is 6.55. The average Bonchev–Trinajstić information content (AvgIpc) is 2.37. The highest BCUT2D eigenvalue weighted by Crippen LogP contribution is 2.33. The Morgan fingerprint density at radius 2 is 2.29 bits per heavy atom. The topological polar surface area (TPSA) is 39.4 Å². The van der Waals surface area contributed by atoms with Crippen LogP contribution in [0.2, 0.25) is 5.02 Å². The molecule has 0 fully saturated rings. The first kappa shape index (κ1) is 10.4. The van der Waals surface area contributed by atoms with Gasteiger partial charge >= 0.3 is 0 Å². The van der Waals surface area contributed by atoms with Gasteiger partial charge in [0.1, 0.15) is 11.9 Å². The Labute approximate surface area is 105 Å². The van der Waals surface area contributed by atoms with Crippen LogP contribution in [0.15, 0.2) is 28.8 Å². The summed E-state index contributed by atoms with van der Waals surface area (Å²) in [7, 11) is 0. The third-order valence-electron chi connectivity index (χ3n) is 3.00. The number of rotatable bonds is 0. The fourth-order valence-corrected chi connectivity index (χ4v) is 2.44. The summed E-state index contributed by atoms with van der Waals surface area (Å²) < 4.78 is 0. The van der Waals surface area contributed by atoms with Gasteiger partial charge in [0.25, 0.3) is 0 Å². The fourth-order valence-electron chi connectivity index (χ4n) is 2.26. The summed E-state index contributed by atoms with van der Waals surface area (Å²) >= 11 is 5.98. The monoisotopic (exact) mass is 243 g/mol. The zero-order chi connectivity index (χ0) is 11.8. The minimum absolute atomic E-state index is 0.625. The van der Waals surface area contributed by atoms with Crippen LogP contribution < -0.4 is 4.90 Å². The highest BCUT2D eigenvalue weighted by Gasteiger charge is 2.26. The molecule has 84 valence electrons. The lowest BCUT2D eigenvalue weighted by Crippen LogP contribution is -2.38. The molecule has 0 atom stereocenters. The Morgan fingerprint density at radius 3 is 3.12 bits per heavy atom. The van der Waals surface area contributed by atoms with Gasteiger partial charge in [-0.3, -0.25) is 4.99 Å². The molecule has 2 heterocycles. The molecule has 1 aromatic rings. The third kappa shape index (κ3) is 1.62. The van der Waals surface area contributed by atoms with E-state index in [2.05, 4.69) is 16.0 Å². The van der Waals surface area contributed by atoms with Crippen LogP contribution in [0.4, 0.5) is 5.69 Å². The van der Waals surface area contributed by atoms with Gasteiger partial charge in [-0.1, -0.05) is 11.6 Å². The molecule has 0 aliphatic carbocycles. The second kappa shape index (κ2) is 3.90. The fraction of sp³-hybridized carbons (Fsp3) is 0.231. The molecule has 0 bridgehead atoms. The number of nitriles is 1. The smallest absolute Gasteiger partial charge is 0.146 e. The van der Waals surface area contributed by atoms with Gasteiger partial charge in [0.2, 0.25) is 0 Å². The minimum Gasteiger partial charge on any atom is -0.325 e. The van der Waals surface area contributed by atoms with Crippen LogP contribution in [0, 0.1) is 11.3 Å². The van der Waals surface area contributed by atoms with Crippen molar-refractivity contribution >= 4 is 29.2 Å². The standard InChI is InChI=1S/C13H10ClN3/c14-11-2-3-12-9(7-11)6-10(8-15)13-16-4-1-5-17(12)13/h2-3,6-7H,1,4-5H2. The Kier molecular flexibility index (Phi) is 2.38. The Balaban J connectivity index is 2.22. The number of hydrogen-bond acceptors (Lipinski definition) is 3. The molecule has 0 radical (unpaired) electrons. The molecule has 2 aliphatic rings. The largest absolute Gasteiger partial charge is 0.325 e. The van der Waals surface area contributed by atoms with Crippen molar-refractivity contribution in [2.45, 2.75) is 6.42 Å². The SMILES string of the molecule is N#CC1=Cc2cc(Cl)ccc2N2CCCN=C12. The molecular weight excluding hydrogens is 234 g/mol. The molecule has 0 spiro atoms. The Bertz CT molecular complexity index is 581. The maximum absolute atomic E-state index is 9.17. The number of nitrogens with zero attached hydrogens (tertiary/aromatic N) is 3. The normalized spacial score (nSPS) is 17.5. The lowest BCUT2D eigenvalue weighted by molar-refractivity contribution is 0.789. The number of fused-ring (bicyclic) bond motifs is 3. The van der Waals surface area contributed by atoms with Crippen molar-refractivity contribution in [3.05, 3.63) is 34.4 Å². The van der Waals surface area contributed by atoms with Crippen molar-refractivity contribution in [2.24, 2.45) is 4.99 Å². The van der Waals surface area contributed by atoms with Gasteiger partial charge < -0.3 is 4.90 Å². The number of hydrogen-bond donors (Lipinski definition) is 0. The quantitative estimate of drug-likeness (QED) is 0.703. The van der Waals surface area contributed by atoms with E-state index in [1.165, 1.54) is 0 Å². The first-order valence-electron chi connectivity index (χ1n) is 5.53. The highest BCUT2D eigenvalue weighted by molar-refractivity contribution is 6.31. The molecule has 0 unspecified atom stereocenters. The maximum atomic E-state index is 9.17. The van der Waals surface area contributed by atoms with Crippen LogP contribution in [0.1, 0.15) is 12.0 Å². The van der Waals surface area contributed by atoms with Crippen LogP contribution in [-0.2, 0) is 0 Å². The van der Waals surface area contributed by atoms with Crippen molar-refractivity contribution in [2.75, 3.05) is 18.0 Å². The van der Waals surface area contributed by atoms with Crippen LogP contribution >= 0.6 is 11.6 Å². The lowest BCUT2D eigenvalue weighted by Gasteiger charge is -2.33. The number of amidine groups is 1. The molecule has 17 heavy (non-hydrogen) atoms. The van der Waals surface area contributed by atoms with Gasteiger partial charge in [0, 0.05) is 29.4 Å². The molecule has 1 aromatic carbocycles. The van der Waals surface area contributed by atoms with Crippen LogP contribution in [-0.4, -0.2) is 18.9 Å². The van der Waals surface area contributed by atoms with E-state index in [9.17, 15) is 0 Å². The van der Waals surface area contributed by atoms with E-state index in [0.29, 0.717) is 10.6 Å². The third-order valence-corrected chi connectivity index (χ3v) is 3.23. The number of aliphatic imine (C=N–C) groups is 1. The highest BCUT2D eigenvalue weighted by atomic mass is 35.5. The van der Waals surface area contributed by atoms with Crippen molar-refractivity contribution < 1.29 is 0 Å². The van der Waals surface area contributed by atoms with E-state index in [1.807, 2.05) is 24.3 Å². The molecule has 0 saturated heterocycles. The molecule has 0 saturated carbocycles. The molecule has 3 rings (SSSR count). The number of anilines is 1. The van der Waals surface area contributed by atoms with E-state index >= 15 is 0 Å².